The van der Waals surface area contributed by atoms with Gasteiger partial charge in [0.05, 0.1) is 30.7 Å². The largest absolute Gasteiger partial charge is 0.478 e. The maximum Gasteiger partial charge on any atom is 0.335 e. The van der Waals surface area contributed by atoms with Crippen molar-refractivity contribution < 1.29 is 23.4 Å². The van der Waals surface area contributed by atoms with Gasteiger partial charge < -0.3 is 10.2 Å². The summed E-state index contributed by atoms with van der Waals surface area (Å²) in [7, 11) is -3.49. The second-order valence-electron chi connectivity index (χ2n) is 3.41. The fraction of sp³-hybridized carbons (Fsp3) is 0.300. The molecule has 0 aliphatic heterocycles. The minimum Gasteiger partial charge on any atom is -0.478 e. The number of aliphatic hydroxyl groups excluding tert-OH is 1. The maximum atomic E-state index is 11.4. The van der Waals surface area contributed by atoms with Crippen LogP contribution in [0.3, 0.4) is 0 Å². The van der Waals surface area contributed by atoms with E-state index in [2.05, 4.69) is 0 Å². The highest BCUT2D eigenvalue weighted by Gasteiger charge is 2.16. The molecule has 0 saturated carbocycles. The molecule has 1 rings (SSSR count). The summed E-state index contributed by atoms with van der Waals surface area (Å²) < 4.78 is 23.9. The minimum atomic E-state index is -3.49. The average molecular weight is 259 g/mol. The van der Waals surface area contributed by atoms with Crippen molar-refractivity contribution in [3.8, 4) is 0 Å². The van der Waals surface area contributed by atoms with Gasteiger partial charge in [0.1, 0.15) is 0 Å². The standard InChI is InChI=1S/C10H13NO5S/c1-17(15,16)11(6-7-12)9-4-2-8(3-5-9)10(13)14/h2-5,12H,6-7H2,1H3,(H,13,14). The molecule has 7 heteroatoms. The first-order valence-corrected chi connectivity index (χ1v) is 6.63. The molecular formula is C10H13NO5S. The molecule has 17 heavy (non-hydrogen) atoms. The van der Waals surface area contributed by atoms with Gasteiger partial charge in [-0.25, -0.2) is 13.2 Å². The van der Waals surface area contributed by atoms with E-state index in [1.807, 2.05) is 0 Å². The van der Waals surface area contributed by atoms with Crippen molar-refractivity contribution >= 4 is 21.7 Å². The molecule has 0 amide bonds. The van der Waals surface area contributed by atoms with E-state index in [-0.39, 0.29) is 18.7 Å². The van der Waals surface area contributed by atoms with Gasteiger partial charge in [-0.1, -0.05) is 0 Å². The molecule has 0 saturated heterocycles. The van der Waals surface area contributed by atoms with Crippen LogP contribution < -0.4 is 4.31 Å². The van der Waals surface area contributed by atoms with Gasteiger partial charge in [0, 0.05) is 0 Å². The molecule has 94 valence electrons. The predicted molar refractivity (Wildman–Crippen MR) is 62.7 cm³/mol. The molecule has 0 aliphatic carbocycles. The zero-order valence-corrected chi connectivity index (χ0v) is 10.0. The third-order valence-corrected chi connectivity index (χ3v) is 3.30. The van der Waals surface area contributed by atoms with E-state index < -0.39 is 16.0 Å². The Morgan fingerprint density at radius 1 is 1.29 bits per heavy atom. The Morgan fingerprint density at radius 3 is 2.18 bits per heavy atom. The number of sulfonamides is 1. The summed E-state index contributed by atoms with van der Waals surface area (Å²) >= 11 is 0. The third kappa shape index (κ3) is 3.43. The lowest BCUT2D eigenvalue weighted by Gasteiger charge is -2.21. The first kappa shape index (κ1) is 13.5. The molecule has 2 N–H and O–H groups in total. The van der Waals surface area contributed by atoms with E-state index in [9.17, 15) is 13.2 Å². The van der Waals surface area contributed by atoms with Crippen molar-refractivity contribution in [2.24, 2.45) is 0 Å². The Kier molecular flexibility index (Phi) is 4.08. The smallest absolute Gasteiger partial charge is 0.335 e. The molecule has 0 aromatic heterocycles. The lowest BCUT2D eigenvalue weighted by atomic mass is 10.2. The van der Waals surface area contributed by atoms with E-state index in [0.717, 1.165) is 10.6 Å². The molecule has 0 fully saturated rings. The zero-order valence-electron chi connectivity index (χ0n) is 9.20. The summed E-state index contributed by atoms with van der Waals surface area (Å²) in [5.74, 6) is -1.08. The molecule has 1 aromatic rings. The van der Waals surface area contributed by atoms with E-state index in [1.165, 1.54) is 24.3 Å². The summed E-state index contributed by atoms with van der Waals surface area (Å²) in [5.41, 5.74) is 0.401. The molecule has 6 nitrogen and oxygen atoms in total. The van der Waals surface area contributed by atoms with E-state index >= 15 is 0 Å². The van der Waals surface area contributed by atoms with Crippen LogP contribution in [0.25, 0.3) is 0 Å². The van der Waals surface area contributed by atoms with Gasteiger partial charge in [0.2, 0.25) is 10.0 Å². The van der Waals surface area contributed by atoms with Gasteiger partial charge >= 0.3 is 5.97 Å². The van der Waals surface area contributed by atoms with Crippen LogP contribution in [0.15, 0.2) is 24.3 Å². The Labute approximate surface area is 99.2 Å². The second-order valence-corrected chi connectivity index (χ2v) is 5.32. The first-order valence-electron chi connectivity index (χ1n) is 4.78. The number of benzene rings is 1. The molecule has 1 aromatic carbocycles. The van der Waals surface area contributed by atoms with Crippen LogP contribution in [0, 0.1) is 0 Å². The van der Waals surface area contributed by atoms with Crippen LogP contribution in [-0.4, -0.2) is 44.0 Å². The topological polar surface area (TPSA) is 94.9 Å². The molecule has 0 bridgehead atoms. The average Bonchev–Trinajstić information content (AvgIpc) is 2.24. The Hall–Kier alpha value is -1.60. The van der Waals surface area contributed by atoms with Crippen molar-refractivity contribution in [3.63, 3.8) is 0 Å². The van der Waals surface area contributed by atoms with Gasteiger partial charge in [0.25, 0.3) is 0 Å². The van der Waals surface area contributed by atoms with E-state index in [1.54, 1.807) is 0 Å². The molecule has 0 atom stereocenters. The number of carbonyl (C=O) groups is 1. The number of hydrogen-bond donors (Lipinski definition) is 2. The minimum absolute atomic E-state index is 0.0642. The SMILES string of the molecule is CS(=O)(=O)N(CCO)c1ccc(C(=O)O)cc1. The number of aliphatic hydroxyl groups is 1. The number of nitrogens with zero attached hydrogens (tertiary/aromatic N) is 1. The lowest BCUT2D eigenvalue weighted by molar-refractivity contribution is 0.0697. The summed E-state index contributed by atoms with van der Waals surface area (Å²) in [4.78, 5) is 10.6. The molecule has 0 aliphatic rings. The Balaban J connectivity index is 3.08. The first-order chi connectivity index (χ1) is 7.86. The summed E-state index contributed by atoms with van der Waals surface area (Å²) in [5, 5.41) is 17.5. The van der Waals surface area contributed by atoms with Crippen molar-refractivity contribution in [3.05, 3.63) is 29.8 Å². The summed E-state index contributed by atoms with van der Waals surface area (Å²) in [6.45, 7) is -0.376. The van der Waals surface area contributed by atoms with Gasteiger partial charge in [-0.05, 0) is 24.3 Å². The van der Waals surface area contributed by atoms with Crippen LogP contribution in [0.1, 0.15) is 10.4 Å². The fourth-order valence-electron chi connectivity index (χ4n) is 1.35. The molecule has 0 spiro atoms. The molecule has 0 heterocycles. The van der Waals surface area contributed by atoms with Gasteiger partial charge in [-0.2, -0.15) is 0 Å². The number of aromatic carboxylic acids is 1. The van der Waals surface area contributed by atoms with Crippen molar-refractivity contribution in [2.75, 3.05) is 23.7 Å². The van der Waals surface area contributed by atoms with Crippen molar-refractivity contribution in [2.45, 2.75) is 0 Å². The maximum absolute atomic E-state index is 11.4. The van der Waals surface area contributed by atoms with Crippen molar-refractivity contribution in [1.82, 2.24) is 0 Å². The highest BCUT2D eigenvalue weighted by molar-refractivity contribution is 7.92. The summed E-state index contributed by atoms with van der Waals surface area (Å²) in [6, 6.07) is 5.40. The number of carboxylic acid groups (broad SMARTS) is 1. The quantitative estimate of drug-likeness (QED) is 0.784. The van der Waals surface area contributed by atoms with E-state index in [0.29, 0.717) is 5.69 Å². The van der Waals surface area contributed by atoms with Gasteiger partial charge in [0.15, 0.2) is 0 Å². The Morgan fingerprint density at radius 2 is 1.82 bits per heavy atom. The van der Waals surface area contributed by atoms with Crippen LogP contribution >= 0.6 is 0 Å². The second kappa shape index (κ2) is 5.15. The highest BCUT2D eigenvalue weighted by atomic mass is 32.2. The van der Waals surface area contributed by atoms with Gasteiger partial charge in [-0.15, -0.1) is 0 Å². The fourth-order valence-corrected chi connectivity index (χ4v) is 2.27. The normalized spacial score (nSPS) is 11.2. The molecule has 0 unspecified atom stereocenters. The number of carboxylic acids is 1. The predicted octanol–water partition coefficient (Wildman–Crippen LogP) is 0.143. The number of rotatable bonds is 5. The molecular weight excluding hydrogens is 246 g/mol. The van der Waals surface area contributed by atoms with Gasteiger partial charge in [-0.3, -0.25) is 4.31 Å². The zero-order chi connectivity index (χ0) is 13.1. The monoisotopic (exact) mass is 259 g/mol. The van der Waals surface area contributed by atoms with Crippen LogP contribution in [0.4, 0.5) is 5.69 Å². The summed E-state index contributed by atoms with van der Waals surface area (Å²) in [6.07, 6.45) is 1.02. The van der Waals surface area contributed by atoms with E-state index in [4.69, 9.17) is 10.2 Å². The lowest BCUT2D eigenvalue weighted by Crippen LogP contribution is -2.32. The third-order valence-electron chi connectivity index (χ3n) is 2.11. The van der Waals surface area contributed by atoms with Crippen LogP contribution in [0.2, 0.25) is 0 Å². The van der Waals surface area contributed by atoms with Crippen molar-refractivity contribution in [1.29, 1.82) is 0 Å². The number of anilines is 1. The Bertz CT molecular complexity index is 494. The highest BCUT2D eigenvalue weighted by Crippen LogP contribution is 2.17. The molecule has 0 radical (unpaired) electrons. The van der Waals surface area contributed by atoms with Crippen LogP contribution in [-0.2, 0) is 10.0 Å². The van der Waals surface area contributed by atoms with Crippen LogP contribution in [0.5, 0.6) is 0 Å². The number of hydrogen-bond acceptors (Lipinski definition) is 4.